The van der Waals surface area contributed by atoms with Crippen molar-refractivity contribution in [2.75, 3.05) is 12.9 Å². The zero-order valence-electron chi connectivity index (χ0n) is 19.8. The van der Waals surface area contributed by atoms with Crippen LogP contribution in [-0.2, 0) is 4.79 Å². The van der Waals surface area contributed by atoms with Gasteiger partial charge in [-0.3, -0.25) is 9.36 Å². The number of methoxy groups -OCH3 is 1. The molecule has 0 aliphatic rings. The Morgan fingerprint density at radius 1 is 1.08 bits per heavy atom. The number of allylic oxidation sites excluding steroid dienone is 1. The number of amides is 1. The predicted molar refractivity (Wildman–Crippen MR) is 146 cm³/mol. The van der Waals surface area contributed by atoms with E-state index in [1.54, 1.807) is 13.2 Å². The van der Waals surface area contributed by atoms with Crippen molar-refractivity contribution in [3.63, 3.8) is 0 Å². The quantitative estimate of drug-likeness (QED) is 0.172. The second-order valence-electron chi connectivity index (χ2n) is 7.69. The van der Waals surface area contributed by atoms with Crippen LogP contribution in [0.2, 0.25) is 5.02 Å². The summed E-state index contributed by atoms with van der Waals surface area (Å²) in [5, 5.41) is 14.0. The first-order valence-electron chi connectivity index (χ1n) is 11.1. The van der Waals surface area contributed by atoms with Crippen LogP contribution in [0.15, 0.2) is 89.1 Å². The summed E-state index contributed by atoms with van der Waals surface area (Å²) in [5.74, 6) is 1.29. The molecule has 0 saturated heterocycles. The third-order valence-corrected chi connectivity index (χ3v) is 6.31. The van der Waals surface area contributed by atoms with Crippen molar-refractivity contribution in [2.24, 2.45) is 5.10 Å². The number of aryl methyl sites for hydroxylation is 1. The first-order chi connectivity index (χ1) is 17.5. The molecule has 0 bridgehead atoms. The van der Waals surface area contributed by atoms with Crippen LogP contribution in [0.25, 0.3) is 23.2 Å². The summed E-state index contributed by atoms with van der Waals surface area (Å²) in [4.78, 5) is 12.4. The average molecular weight is 518 g/mol. The van der Waals surface area contributed by atoms with Crippen molar-refractivity contribution in [3.05, 3.63) is 95.0 Å². The maximum atomic E-state index is 12.4. The molecule has 3 aromatic carbocycles. The summed E-state index contributed by atoms with van der Waals surface area (Å²) in [7, 11) is 1.62. The number of nitrogens with one attached hydrogen (secondary N) is 1. The van der Waals surface area contributed by atoms with E-state index in [2.05, 4.69) is 20.7 Å². The van der Waals surface area contributed by atoms with Crippen molar-refractivity contribution in [1.82, 2.24) is 20.2 Å². The summed E-state index contributed by atoms with van der Waals surface area (Å²) >= 11 is 7.34. The Hall–Kier alpha value is -3.88. The van der Waals surface area contributed by atoms with E-state index < -0.39 is 0 Å². The lowest BCUT2D eigenvalue weighted by atomic mass is 10.2. The topological polar surface area (TPSA) is 81.4 Å². The summed E-state index contributed by atoms with van der Waals surface area (Å²) < 4.78 is 7.24. The summed E-state index contributed by atoms with van der Waals surface area (Å²) in [6.45, 7) is 2.03. The highest BCUT2D eigenvalue weighted by Gasteiger charge is 2.17. The number of para-hydroxylation sites is 1. The zero-order valence-corrected chi connectivity index (χ0v) is 21.3. The Bertz CT molecular complexity index is 1380. The minimum atomic E-state index is -0.256. The highest BCUT2D eigenvalue weighted by Crippen LogP contribution is 2.29. The Morgan fingerprint density at radius 2 is 1.83 bits per heavy atom. The molecule has 182 valence electrons. The number of benzene rings is 3. The number of thioether (sulfide) groups is 1. The van der Waals surface area contributed by atoms with Gasteiger partial charge in [0.1, 0.15) is 5.75 Å². The predicted octanol–water partition coefficient (Wildman–Crippen LogP) is 5.81. The number of aromatic nitrogens is 3. The third kappa shape index (κ3) is 6.41. The van der Waals surface area contributed by atoms with Crippen molar-refractivity contribution < 1.29 is 9.53 Å². The number of hydrazone groups is 1. The molecule has 0 aliphatic carbocycles. The smallest absolute Gasteiger partial charge is 0.250 e. The van der Waals surface area contributed by atoms with Gasteiger partial charge in [-0.05, 0) is 61.5 Å². The van der Waals surface area contributed by atoms with Crippen LogP contribution in [0.3, 0.4) is 0 Å². The Morgan fingerprint density at radius 3 is 2.58 bits per heavy atom. The molecule has 0 saturated carbocycles. The van der Waals surface area contributed by atoms with Gasteiger partial charge >= 0.3 is 0 Å². The standard InChI is InChI=1S/C27H24ClN5O2S/c1-19-9-15-23(16-10-19)33-26(21-11-13-22(28)14-12-21)31-32-27(33)36-18-25(34)30-29-17-5-7-20-6-3-4-8-24(20)35-2/h3-17H,18H2,1-2H3,(H,30,34). The van der Waals surface area contributed by atoms with Crippen molar-refractivity contribution in [1.29, 1.82) is 0 Å². The van der Waals surface area contributed by atoms with E-state index in [0.29, 0.717) is 16.0 Å². The monoisotopic (exact) mass is 517 g/mol. The molecule has 0 radical (unpaired) electrons. The second kappa shape index (κ2) is 12.2. The number of nitrogens with zero attached hydrogens (tertiary/aromatic N) is 4. The number of carbonyl (C=O) groups excluding carboxylic acids is 1. The molecular formula is C27H24ClN5O2S. The minimum absolute atomic E-state index is 0.123. The normalized spacial score (nSPS) is 11.3. The molecule has 0 unspecified atom stereocenters. The van der Waals surface area contributed by atoms with Gasteiger partial charge in [0.05, 0.1) is 12.9 Å². The Labute approximate surface area is 218 Å². The molecule has 0 atom stereocenters. The number of carbonyl (C=O) groups is 1. The maximum absolute atomic E-state index is 12.4. The molecular weight excluding hydrogens is 494 g/mol. The summed E-state index contributed by atoms with van der Waals surface area (Å²) in [5.41, 5.74) is 6.37. The van der Waals surface area contributed by atoms with Gasteiger partial charge in [0.2, 0.25) is 0 Å². The molecule has 7 nitrogen and oxygen atoms in total. The summed E-state index contributed by atoms with van der Waals surface area (Å²) in [6.07, 6.45) is 5.10. The molecule has 9 heteroatoms. The van der Waals surface area contributed by atoms with Crippen LogP contribution < -0.4 is 10.2 Å². The van der Waals surface area contributed by atoms with Gasteiger partial charge in [0.25, 0.3) is 5.91 Å². The third-order valence-electron chi connectivity index (χ3n) is 5.12. The lowest BCUT2D eigenvalue weighted by Crippen LogP contribution is -2.19. The molecule has 4 rings (SSSR count). The second-order valence-corrected chi connectivity index (χ2v) is 9.07. The van der Waals surface area contributed by atoms with E-state index in [-0.39, 0.29) is 11.7 Å². The maximum Gasteiger partial charge on any atom is 0.250 e. The zero-order chi connectivity index (χ0) is 25.3. The highest BCUT2D eigenvalue weighted by atomic mass is 35.5. The van der Waals surface area contributed by atoms with E-state index in [0.717, 1.165) is 28.1 Å². The molecule has 1 heterocycles. The van der Waals surface area contributed by atoms with E-state index in [9.17, 15) is 4.79 Å². The van der Waals surface area contributed by atoms with E-state index >= 15 is 0 Å². The summed E-state index contributed by atoms with van der Waals surface area (Å²) in [6, 6.07) is 23.1. The first-order valence-corrected chi connectivity index (χ1v) is 12.4. The van der Waals surface area contributed by atoms with Crippen molar-refractivity contribution in [2.45, 2.75) is 12.1 Å². The van der Waals surface area contributed by atoms with Crippen LogP contribution >= 0.6 is 23.4 Å². The molecule has 0 fully saturated rings. The minimum Gasteiger partial charge on any atom is -0.496 e. The number of hydrogen-bond donors (Lipinski definition) is 1. The first kappa shape index (κ1) is 25.2. The number of hydrogen-bond acceptors (Lipinski definition) is 6. The van der Waals surface area contributed by atoms with Gasteiger partial charge in [0, 0.05) is 28.1 Å². The average Bonchev–Trinajstić information content (AvgIpc) is 3.32. The van der Waals surface area contributed by atoms with Crippen molar-refractivity contribution >= 4 is 41.6 Å². The van der Waals surface area contributed by atoms with Crippen LogP contribution in [0.1, 0.15) is 11.1 Å². The van der Waals surface area contributed by atoms with Crippen molar-refractivity contribution in [3.8, 4) is 22.8 Å². The largest absolute Gasteiger partial charge is 0.496 e. The van der Waals surface area contributed by atoms with Gasteiger partial charge in [-0.25, -0.2) is 5.43 Å². The van der Waals surface area contributed by atoms with Crippen LogP contribution in [0.5, 0.6) is 5.75 Å². The van der Waals surface area contributed by atoms with E-state index in [4.69, 9.17) is 16.3 Å². The van der Waals surface area contributed by atoms with Gasteiger partial charge in [-0.15, -0.1) is 10.2 Å². The molecule has 0 spiro atoms. The number of halogens is 1. The number of rotatable bonds is 9. The highest BCUT2D eigenvalue weighted by molar-refractivity contribution is 7.99. The van der Waals surface area contributed by atoms with E-state index in [1.165, 1.54) is 18.0 Å². The van der Waals surface area contributed by atoms with Gasteiger partial charge in [0.15, 0.2) is 11.0 Å². The number of ether oxygens (including phenoxy) is 1. The van der Waals surface area contributed by atoms with Crippen LogP contribution in [0, 0.1) is 6.92 Å². The molecule has 1 amide bonds. The van der Waals surface area contributed by atoms with E-state index in [1.807, 2.05) is 90.4 Å². The Balaban J connectivity index is 1.44. The van der Waals surface area contributed by atoms with Gasteiger partial charge in [-0.1, -0.05) is 59.3 Å². The Kier molecular flexibility index (Phi) is 8.54. The SMILES string of the molecule is COc1ccccc1C=CC=NNC(=O)CSc1nnc(-c2ccc(Cl)cc2)n1-c1ccc(C)cc1. The fourth-order valence-electron chi connectivity index (χ4n) is 3.34. The van der Waals surface area contributed by atoms with Crippen LogP contribution in [-0.4, -0.2) is 39.7 Å². The fourth-order valence-corrected chi connectivity index (χ4v) is 4.21. The lowest BCUT2D eigenvalue weighted by molar-refractivity contribution is -0.118. The fraction of sp³-hybridized carbons (Fsp3) is 0.111. The lowest BCUT2D eigenvalue weighted by Gasteiger charge is -2.10. The van der Waals surface area contributed by atoms with Gasteiger partial charge < -0.3 is 4.74 Å². The molecule has 1 N–H and O–H groups in total. The van der Waals surface area contributed by atoms with Gasteiger partial charge in [-0.2, -0.15) is 5.10 Å². The molecule has 0 aliphatic heterocycles. The van der Waals surface area contributed by atoms with Crippen LogP contribution in [0.4, 0.5) is 0 Å². The molecule has 1 aromatic heterocycles. The molecule has 4 aromatic rings. The molecule has 36 heavy (non-hydrogen) atoms.